The predicted molar refractivity (Wildman–Crippen MR) is 94.9 cm³/mol. The molecule has 5 rings (SSSR count). The molecule has 4 aromatic heterocycles. The highest BCUT2D eigenvalue weighted by molar-refractivity contribution is 5.65. The third-order valence-electron chi connectivity index (χ3n) is 4.03. The van der Waals surface area contributed by atoms with Gasteiger partial charge in [0.25, 0.3) is 11.8 Å². The van der Waals surface area contributed by atoms with Gasteiger partial charge in [-0.05, 0) is 42.5 Å². The largest absolute Gasteiger partial charge is 0.413 e. The van der Waals surface area contributed by atoms with Crippen LogP contribution in [0.2, 0.25) is 0 Å². The maximum absolute atomic E-state index is 13.2. The number of hydrogen-bond donors (Lipinski definition) is 0. The normalized spacial score (nSPS) is 11.1. The lowest BCUT2D eigenvalue weighted by Crippen LogP contribution is -1.95. The highest BCUT2D eigenvalue weighted by Crippen LogP contribution is 2.25. The van der Waals surface area contributed by atoms with Crippen LogP contribution in [0.25, 0.3) is 40.1 Å². The Hall–Kier alpha value is -3.94. The number of aromatic nitrogens is 6. The van der Waals surface area contributed by atoms with E-state index in [0.29, 0.717) is 22.9 Å². The van der Waals surface area contributed by atoms with Gasteiger partial charge in [-0.3, -0.25) is 4.98 Å². The Morgan fingerprint density at radius 2 is 1.63 bits per heavy atom. The molecule has 0 fully saturated rings. The van der Waals surface area contributed by atoms with Crippen molar-refractivity contribution in [1.82, 2.24) is 29.8 Å². The molecule has 27 heavy (non-hydrogen) atoms. The van der Waals surface area contributed by atoms with Gasteiger partial charge < -0.3 is 4.42 Å². The van der Waals surface area contributed by atoms with Crippen molar-refractivity contribution in [1.29, 1.82) is 0 Å². The van der Waals surface area contributed by atoms with Gasteiger partial charge >= 0.3 is 0 Å². The van der Waals surface area contributed by atoms with E-state index >= 15 is 0 Å². The zero-order valence-electron chi connectivity index (χ0n) is 13.8. The monoisotopic (exact) mass is 358 g/mol. The summed E-state index contributed by atoms with van der Waals surface area (Å²) >= 11 is 0. The third kappa shape index (κ3) is 2.73. The summed E-state index contributed by atoms with van der Waals surface area (Å²) in [6.45, 7) is 0. The second kappa shape index (κ2) is 6.10. The molecule has 7 nitrogen and oxygen atoms in total. The molecule has 4 heterocycles. The van der Waals surface area contributed by atoms with E-state index in [9.17, 15) is 4.39 Å². The SMILES string of the molecule is Fc1ccc(-c2ccnc3cc(-c4nnc(-c5ccccn5)o4)nn23)cc1. The van der Waals surface area contributed by atoms with Crippen LogP contribution in [0.15, 0.2) is 71.4 Å². The molecule has 0 atom stereocenters. The number of benzene rings is 1. The minimum absolute atomic E-state index is 0.270. The summed E-state index contributed by atoms with van der Waals surface area (Å²) in [6, 6.07) is 15.2. The van der Waals surface area contributed by atoms with E-state index in [0.717, 1.165) is 11.3 Å². The summed E-state index contributed by atoms with van der Waals surface area (Å²) in [5.74, 6) is 0.290. The Morgan fingerprint density at radius 3 is 2.41 bits per heavy atom. The van der Waals surface area contributed by atoms with Crippen molar-refractivity contribution in [3.05, 3.63) is 72.8 Å². The lowest BCUT2D eigenvalue weighted by atomic mass is 10.1. The van der Waals surface area contributed by atoms with Crippen molar-refractivity contribution in [3.8, 4) is 34.4 Å². The molecule has 0 amide bonds. The fourth-order valence-electron chi connectivity index (χ4n) is 2.76. The van der Waals surface area contributed by atoms with E-state index < -0.39 is 0 Å². The van der Waals surface area contributed by atoms with Crippen LogP contribution in [-0.2, 0) is 0 Å². The molecule has 8 heteroatoms. The second-order valence-electron chi connectivity index (χ2n) is 5.76. The zero-order chi connectivity index (χ0) is 18.2. The van der Waals surface area contributed by atoms with E-state index in [1.54, 1.807) is 41.2 Å². The van der Waals surface area contributed by atoms with Crippen molar-refractivity contribution >= 4 is 5.65 Å². The summed E-state index contributed by atoms with van der Waals surface area (Å²) in [6.07, 6.45) is 3.33. The molecule has 5 aromatic rings. The second-order valence-corrected chi connectivity index (χ2v) is 5.76. The first kappa shape index (κ1) is 15.3. The molecule has 0 N–H and O–H groups in total. The van der Waals surface area contributed by atoms with Crippen LogP contribution in [0.5, 0.6) is 0 Å². The van der Waals surface area contributed by atoms with Crippen molar-refractivity contribution in [2.45, 2.75) is 0 Å². The average molecular weight is 358 g/mol. The number of hydrogen-bond acceptors (Lipinski definition) is 6. The lowest BCUT2D eigenvalue weighted by Gasteiger charge is -2.03. The Kier molecular flexibility index (Phi) is 3.46. The highest BCUT2D eigenvalue weighted by atomic mass is 19.1. The van der Waals surface area contributed by atoms with Gasteiger partial charge in [-0.25, -0.2) is 13.9 Å². The average Bonchev–Trinajstić information content (AvgIpc) is 3.36. The van der Waals surface area contributed by atoms with E-state index in [2.05, 4.69) is 25.3 Å². The predicted octanol–water partition coefficient (Wildman–Crippen LogP) is 3.65. The molecule has 0 spiro atoms. The number of pyridine rings is 1. The first-order valence-electron chi connectivity index (χ1n) is 8.14. The minimum atomic E-state index is -0.293. The molecule has 0 aliphatic heterocycles. The Bertz CT molecular complexity index is 1230. The fourth-order valence-corrected chi connectivity index (χ4v) is 2.76. The zero-order valence-corrected chi connectivity index (χ0v) is 13.8. The van der Waals surface area contributed by atoms with Gasteiger partial charge in [0.15, 0.2) is 11.3 Å². The van der Waals surface area contributed by atoms with Gasteiger partial charge in [0, 0.05) is 24.0 Å². The van der Waals surface area contributed by atoms with Crippen LogP contribution in [0, 0.1) is 5.82 Å². The summed E-state index contributed by atoms with van der Waals surface area (Å²) < 4.78 is 20.6. The van der Waals surface area contributed by atoms with E-state index in [-0.39, 0.29) is 11.7 Å². The van der Waals surface area contributed by atoms with E-state index in [1.807, 2.05) is 18.2 Å². The maximum Gasteiger partial charge on any atom is 0.268 e. The first-order valence-corrected chi connectivity index (χ1v) is 8.14. The molecule has 0 aliphatic rings. The molecule has 0 saturated heterocycles. The quantitative estimate of drug-likeness (QED) is 0.490. The van der Waals surface area contributed by atoms with Crippen molar-refractivity contribution in [3.63, 3.8) is 0 Å². The smallest absolute Gasteiger partial charge is 0.268 e. The van der Waals surface area contributed by atoms with Crippen LogP contribution in [0.3, 0.4) is 0 Å². The van der Waals surface area contributed by atoms with Crippen molar-refractivity contribution in [2.75, 3.05) is 0 Å². The van der Waals surface area contributed by atoms with E-state index in [1.165, 1.54) is 12.1 Å². The molecular weight excluding hydrogens is 347 g/mol. The van der Waals surface area contributed by atoms with Crippen LogP contribution < -0.4 is 0 Å². The number of fused-ring (bicyclic) bond motifs is 1. The first-order chi connectivity index (χ1) is 13.3. The summed E-state index contributed by atoms with van der Waals surface area (Å²) in [7, 11) is 0. The number of halogens is 1. The molecule has 0 radical (unpaired) electrons. The molecule has 1 aromatic carbocycles. The number of rotatable bonds is 3. The van der Waals surface area contributed by atoms with Gasteiger partial charge in [-0.2, -0.15) is 5.10 Å². The van der Waals surface area contributed by atoms with Crippen LogP contribution >= 0.6 is 0 Å². The van der Waals surface area contributed by atoms with Crippen molar-refractivity contribution in [2.24, 2.45) is 0 Å². The summed E-state index contributed by atoms with van der Waals surface area (Å²) in [5.41, 5.74) is 3.29. The molecular formula is C19H11FN6O. The van der Waals surface area contributed by atoms with Gasteiger partial charge in [0.2, 0.25) is 0 Å². The fraction of sp³-hybridized carbons (Fsp3) is 0. The summed E-state index contributed by atoms with van der Waals surface area (Å²) in [5, 5.41) is 12.6. The van der Waals surface area contributed by atoms with Gasteiger partial charge in [0.1, 0.15) is 11.5 Å². The maximum atomic E-state index is 13.2. The Balaban J connectivity index is 1.59. The van der Waals surface area contributed by atoms with Gasteiger partial charge in [0.05, 0.1) is 5.69 Å². The van der Waals surface area contributed by atoms with Crippen LogP contribution in [-0.4, -0.2) is 29.8 Å². The minimum Gasteiger partial charge on any atom is -0.413 e. The molecule has 0 unspecified atom stereocenters. The van der Waals surface area contributed by atoms with Crippen molar-refractivity contribution < 1.29 is 8.81 Å². The molecule has 0 bridgehead atoms. The standard InChI is InChI=1S/C19H11FN6O/c20-13-6-4-12(5-7-13)16-8-10-22-17-11-15(25-26(16)17)19-24-23-18(27-19)14-3-1-2-9-21-14/h1-11H. The van der Waals surface area contributed by atoms with E-state index in [4.69, 9.17) is 4.42 Å². The topological polar surface area (TPSA) is 82.0 Å². The molecule has 0 saturated carbocycles. The lowest BCUT2D eigenvalue weighted by molar-refractivity contribution is 0.579. The number of nitrogens with zero attached hydrogens (tertiary/aromatic N) is 6. The Labute approximate surface area is 152 Å². The summed E-state index contributed by atoms with van der Waals surface area (Å²) in [4.78, 5) is 8.52. The van der Waals surface area contributed by atoms with Gasteiger partial charge in [-0.15, -0.1) is 10.2 Å². The third-order valence-corrected chi connectivity index (χ3v) is 4.03. The molecule has 0 aliphatic carbocycles. The van der Waals surface area contributed by atoms with Crippen LogP contribution in [0.1, 0.15) is 0 Å². The van der Waals surface area contributed by atoms with Gasteiger partial charge in [-0.1, -0.05) is 6.07 Å². The highest BCUT2D eigenvalue weighted by Gasteiger charge is 2.16. The Morgan fingerprint density at radius 1 is 0.815 bits per heavy atom. The molecule has 130 valence electrons. The van der Waals surface area contributed by atoms with Crippen LogP contribution in [0.4, 0.5) is 4.39 Å².